The van der Waals surface area contributed by atoms with Crippen LogP contribution < -0.4 is 5.32 Å². The Morgan fingerprint density at radius 1 is 1.35 bits per heavy atom. The number of rotatable bonds is 5. The minimum atomic E-state index is -0.381. The Labute approximate surface area is 127 Å². The van der Waals surface area contributed by atoms with E-state index in [-0.39, 0.29) is 11.9 Å². The molecule has 0 aliphatic heterocycles. The molecule has 1 aromatic heterocycles. The largest absolute Gasteiger partial charge is 0.305 e. The summed E-state index contributed by atoms with van der Waals surface area (Å²) >= 11 is 12.2. The summed E-state index contributed by atoms with van der Waals surface area (Å²) in [5, 5.41) is 8.45. The maximum Gasteiger partial charge on any atom is 0.128 e. The Hall–Kier alpha value is -1.10. The van der Waals surface area contributed by atoms with Gasteiger partial charge in [-0.15, -0.1) is 0 Å². The second-order valence-corrected chi connectivity index (χ2v) is 5.19. The molecule has 0 bridgehead atoms. The van der Waals surface area contributed by atoms with Crippen LogP contribution in [0.25, 0.3) is 0 Å². The van der Waals surface area contributed by atoms with Gasteiger partial charge >= 0.3 is 0 Å². The van der Waals surface area contributed by atoms with Gasteiger partial charge in [-0.1, -0.05) is 30.1 Å². The predicted molar refractivity (Wildman–Crippen MR) is 79.8 cm³/mol. The van der Waals surface area contributed by atoms with E-state index in [0.717, 1.165) is 5.69 Å². The van der Waals surface area contributed by atoms with Gasteiger partial charge in [0.05, 0.1) is 23.0 Å². The Morgan fingerprint density at radius 2 is 2.10 bits per heavy atom. The lowest BCUT2D eigenvalue weighted by Crippen LogP contribution is -2.26. The molecule has 2 aromatic rings. The standard InChI is InChI=1S/C14H16Cl2FN3/c1-3-18-13(10-7-9(15)5-6-12(10)17)14-11(16)8-19-20(14)4-2/h5-8,13,18H,3-4H2,1-2H3. The smallest absolute Gasteiger partial charge is 0.128 e. The summed E-state index contributed by atoms with van der Waals surface area (Å²) in [4.78, 5) is 0. The fraction of sp³-hybridized carbons (Fsp3) is 0.357. The number of halogens is 3. The summed E-state index contributed by atoms with van der Waals surface area (Å²) < 4.78 is 15.9. The molecule has 0 spiro atoms. The van der Waals surface area contributed by atoms with Crippen LogP contribution in [0.3, 0.4) is 0 Å². The first-order chi connectivity index (χ1) is 9.58. The first kappa shape index (κ1) is 15.3. The second kappa shape index (κ2) is 6.57. The molecule has 0 radical (unpaired) electrons. The molecule has 0 saturated carbocycles. The van der Waals surface area contributed by atoms with Crippen LogP contribution in [0, 0.1) is 5.82 Å². The van der Waals surface area contributed by atoms with Crippen molar-refractivity contribution in [1.29, 1.82) is 0 Å². The Bertz CT molecular complexity index is 598. The first-order valence-electron chi connectivity index (χ1n) is 6.48. The van der Waals surface area contributed by atoms with Crippen LogP contribution in [0.4, 0.5) is 4.39 Å². The third-order valence-electron chi connectivity index (χ3n) is 3.08. The van der Waals surface area contributed by atoms with Gasteiger partial charge in [0.15, 0.2) is 0 Å². The molecule has 1 aromatic carbocycles. The van der Waals surface area contributed by atoms with Gasteiger partial charge in [-0.3, -0.25) is 4.68 Å². The maximum atomic E-state index is 14.1. The van der Waals surface area contributed by atoms with Gasteiger partial charge in [-0.25, -0.2) is 4.39 Å². The highest BCUT2D eigenvalue weighted by Gasteiger charge is 2.23. The summed E-state index contributed by atoms with van der Waals surface area (Å²) in [5.74, 6) is -0.319. The highest BCUT2D eigenvalue weighted by Crippen LogP contribution is 2.31. The second-order valence-electron chi connectivity index (χ2n) is 4.35. The van der Waals surface area contributed by atoms with E-state index in [4.69, 9.17) is 23.2 Å². The van der Waals surface area contributed by atoms with Crippen molar-refractivity contribution in [3.8, 4) is 0 Å². The van der Waals surface area contributed by atoms with Gasteiger partial charge in [0.25, 0.3) is 0 Å². The van der Waals surface area contributed by atoms with E-state index in [1.165, 1.54) is 12.1 Å². The number of hydrogen-bond acceptors (Lipinski definition) is 2. The molecular weight excluding hydrogens is 300 g/mol. The molecule has 108 valence electrons. The Morgan fingerprint density at radius 3 is 2.75 bits per heavy atom. The minimum Gasteiger partial charge on any atom is -0.305 e. The van der Waals surface area contributed by atoms with Crippen molar-refractivity contribution in [3.63, 3.8) is 0 Å². The zero-order chi connectivity index (χ0) is 14.7. The van der Waals surface area contributed by atoms with Crippen LogP contribution in [0.5, 0.6) is 0 Å². The Balaban J connectivity index is 2.56. The van der Waals surface area contributed by atoms with E-state index in [9.17, 15) is 4.39 Å². The van der Waals surface area contributed by atoms with Crippen LogP contribution in [0.15, 0.2) is 24.4 Å². The Kier molecular flexibility index (Phi) is 5.02. The fourth-order valence-corrected chi connectivity index (χ4v) is 2.64. The number of hydrogen-bond donors (Lipinski definition) is 1. The van der Waals surface area contributed by atoms with Crippen molar-refractivity contribution in [3.05, 3.63) is 51.5 Å². The van der Waals surface area contributed by atoms with Gasteiger partial charge in [-0.2, -0.15) is 5.10 Å². The minimum absolute atomic E-state index is 0.319. The molecule has 1 heterocycles. The molecule has 6 heteroatoms. The van der Waals surface area contributed by atoms with Gasteiger partial charge < -0.3 is 5.32 Å². The molecular formula is C14H16Cl2FN3. The zero-order valence-corrected chi connectivity index (χ0v) is 12.8. The van der Waals surface area contributed by atoms with Crippen molar-refractivity contribution in [2.75, 3.05) is 6.54 Å². The molecule has 1 N–H and O–H groups in total. The quantitative estimate of drug-likeness (QED) is 0.902. The summed E-state index contributed by atoms with van der Waals surface area (Å²) in [6, 6.07) is 4.13. The van der Waals surface area contributed by atoms with Crippen molar-refractivity contribution >= 4 is 23.2 Å². The van der Waals surface area contributed by atoms with Gasteiger partial charge in [0, 0.05) is 17.1 Å². The van der Waals surface area contributed by atoms with Crippen LogP contribution in [-0.4, -0.2) is 16.3 Å². The van der Waals surface area contributed by atoms with Gasteiger partial charge in [0.1, 0.15) is 5.82 Å². The third-order valence-corrected chi connectivity index (χ3v) is 3.61. The third kappa shape index (κ3) is 2.97. The lowest BCUT2D eigenvalue weighted by molar-refractivity contribution is 0.516. The van der Waals surface area contributed by atoms with E-state index in [1.807, 2.05) is 13.8 Å². The fourth-order valence-electron chi connectivity index (χ4n) is 2.20. The molecule has 1 unspecified atom stereocenters. The molecule has 0 saturated heterocycles. The first-order valence-corrected chi connectivity index (χ1v) is 7.23. The van der Waals surface area contributed by atoms with Crippen LogP contribution >= 0.6 is 23.2 Å². The summed E-state index contributed by atoms with van der Waals surface area (Å²) in [7, 11) is 0. The SMILES string of the molecule is CCNC(c1cc(Cl)ccc1F)c1c(Cl)cnn1CC. The number of nitrogens with one attached hydrogen (secondary N) is 1. The summed E-state index contributed by atoms with van der Waals surface area (Å²) in [6.07, 6.45) is 1.58. The molecule has 2 rings (SSSR count). The lowest BCUT2D eigenvalue weighted by atomic mass is 10.0. The van der Waals surface area contributed by atoms with Crippen molar-refractivity contribution in [2.24, 2.45) is 0 Å². The molecule has 0 amide bonds. The van der Waals surface area contributed by atoms with Gasteiger partial charge in [0.2, 0.25) is 0 Å². The van der Waals surface area contributed by atoms with E-state index in [0.29, 0.717) is 28.7 Å². The average molecular weight is 316 g/mol. The van der Waals surface area contributed by atoms with Crippen molar-refractivity contribution < 1.29 is 4.39 Å². The summed E-state index contributed by atoms with van der Waals surface area (Å²) in [6.45, 7) is 5.24. The average Bonchev–Trinajstić information content (AvgIpc) is 2.80. The number of benzene rings is 1. The number of aryl methyl sites for hydroxylation is 1. The topological polar surface area (TPSA) is 29.9 Å². The maximum absolute atomic E-state index is 14.1. The normalized spacial score (nSPS) is 12.7. The highest BCUT2D eigenvalue weighted by atomic mass is 35.5. The molecule has 1 atom stereocenters. The van der Waals surface area contributed by atoms with E-state index >= 15 is 0 Å². The van der Waals surface area contributed by atoms with Crippen LogP contribution in [-0.2, 0) is 6.54 Å². The molecule has 0 fully saturated rings. The van der Waals surface area contributed by atoms with E-state index in [1.54, 1.807) is 16.9 Å². The lowest BCUT2D eigenvalue weighted by Gasteiger charge is -2.21. The highest BCUT2D eigenvalue weighted by molar-refractivity contribution is 6.31. The number of nitrogens with zero attached hydrogens (tertiary/aromatic N) is 2. The summed E-state index contributed by atoms with van der Waals surface area (Å²) in [5.41, 5.74) is 1.22. The molecule has 0 aliphatic rings. The van der Waals surface area contributed by atoms with E-state index in [2.05, 4.69) is 10.4 Å². The van der Waals surface area contributed by atoms with Crippen LogP contribution in [0.2, 0.25) is 10.0 Å². The molecule has 20 heavy (non-hydrogen) atoms. The van der Waals surface area contributed by atoms with Crippen molar-refractivity contribution in [1.82, 2.24) is 15.1 Å². The molecule has 0 aliphatic carbocycles. The number of aromatic nitrogens is 2. The molecule has 3 nitrogen and oxygen atoms in total. The van der Waals surface area contributed by atoms with E-state index < -0.39 is 0 Å². The zero-order valence-electron chi connectivity index (χ0n) is 11.3. The predicted octanol–water partition coefficient (Wildman–Crippen LogP) is 4.05. The monoisotopic (exact) mass is 315 g/mol. The van der Waals surface area contributed by atoms with Crippen LogP contribution in [0.1, 0.15) is 31.1 Å². The van der Waals surface area contributed by atoms with Gasteiger partial charge in [-0.05, 0) is 31.7 Å². The van der Waals surface area contributed by atoms with Crippen molar-refractivity contribution in [2.45, 2.75) is 26.4 Å².